The van der Waals surface area contributed by atoms with Crippen LogP contribution >= 0.6 is 0 Å². The predicted molar refractivity (Wildman–Crippen MR) is 139 cm³/mol. The molecule has 0 bridgehead atoms. The number of hydrogen-bond donors (Lipinski definition) is 0. The third-order valence-electron chi connectivity index (χ3n) is 7.12. The van der Waals surface area contributed by atoms with Crippen molar-refractivity contribution in [3.63, 3.8) is 0 Å². The van der Waals surface area contributed by atoms with Crippen molar-refractivity contribution in [2.75, 3.05) is 20.6 Å². The molecular weight excluding hydrogens is 418 g/mol. The van der Waals surface area contributed by atoms with E-state index >= 15 is 0 Å². The quantitative estimate of drug-likeness (QED) is 0.325. The molecule has 5 aromatic rings. The number of aromatic nitrogens is 4. The molecule has 0 spiro atoms. The lowest BCUT2D eigenvalue weighted by molar-refractivity contribution is 0.159. The van der Waals surface area contributed by atoms with Crippen molar-refractivity contribution in [2.45, 2.75) is 25.8 Å². The highest BCUT2D eigenvalue weighted by atomic mass is 15.1. The smallest absolute Gasteiger partial charge is 0.144 e. The molecule has 34 heavy (non-hydrogen) atoms. The van der Waals surface area contributed by atoms with Gasteiger partial charge in [-0.15, -0.1) is 0 Å². The van der Waals surface area contributed by atoms with Gasteiger partial charge in [0.1, 0.15) is 12.0 Å². The Balaban J connectivity index is 1.42. The summed E-state index contributed by atoms with van der Waals surface area (Å²) in [4.78, 5) is 16.3. The van der Waals surface area contributed by atoms with Crippen molar-refractivity contribution in [1.82, 2.24) is 24.4 Å². The SMILES string of the molecule is Cc1cc(-c2ccccc2)nc2cc(-c3cn(C4CC(CN(C)C)C4)c4ncncc34)ccc12. The molecule has 0 aliphatic heterocycles. The minimum absolute atomic E-state index is 0.501. The molecule has 0 unspecified atom stereocenters. The molecule has 0 radical (unpaired) electrons. The number of fused-ring (bicyclic) bond motifs is 2. The fourth-order valence-corrected chi connectivity index (χ4v) is 5.42. The van der Waals surface area contributed by atoms with Gasteiger partial charge in [0, 0.05) is 46.9 Å². The second-order valence-electron chi connectivity index (χ2n) is 9.89. The zero-order chi connectivity index (χ0) is 23.2. The second kappa shape index (κ2) is 8.33. The molecule has 170 valence electrons. The van der Waals surface area contributed by atoms with Crippen LogP contribution in [0.1, 0.15) is 24.4 Å². The van der Waals surface area contributed by atoms with E-state index < -0.39 is 0 Å². The van der Waals surface area contributed by atoms with E-state index in [2.05, 4.69) is 95.2 Å². The van der Waals surface area contributed by atoms with Gasteiger partial charge in [0.25, 0.3) is 0 Å². The fourth-order valence-electron chi connectivity index (χ4n) is 5.42. The van der Waals surface area contributed by atoms with Gasteiger partial charge in [-0.1, -0.05) is 42.5 Å². The summed E-state index contributed by atoms with van der Waals surface area (Å²) in [6.07, 6.45) is 8.29. The van der Waals surface area contributed by atoms with Crippen LogP contribution in [0.2, 0.25) is 0 Å². The lowest BCUT2D eigenvalue weighted by atomic mass is 9.80. The highest BCUT2D eigenvalue weighted by molar-refractivity contribution is 5.97. The van der Waals surface area contributed by atoms with E-state index in [-0.39, 0.29) is 0 Å². The van der Waals surface area contributed by atoms with Crippen LogP contribution in [0.4, 0.5) is 0 Å². The third kappa shape index (κ3) is 3.66. The molecule has 3 heterocycles. The summed E-state index contributed by atoms with van der Waals surface area (Å²) in [5.41, 5.74) is 7.77. The molecule has 1 saturated carbocycles. The molecule has 0 N–H and O–H groups in total. The summed E-state index contributed by atoms with van der Waals surface area (Å²) in [6.45, 7) is 3.31. The van der Waals surface area contributed by atoms with Crippen molar-refractivity contribution in [3.05, 3.63) is 78.9 Å². The lowest BCUT2D eigenvalue weighted by Crippen LogP contribution is -2.33. The van der Waals surface area contributed by atoms with E-state index in [1.165, 1.54) is 29.4 Å². The second-order valence-corrected chi connectivity index (χ2v) is 9.89. The molecule has 0 atom stereocenters. The Bertz CT molecular complexity index is 1480. The molecular formula is C29H29N5. The Labute approximate surface area is 200 Å². The number of pyridine rings is 1. The molecule has 1 aliphatic carbocycles. The highest BCUT2D eigenvalue weighted by Crippen LogP contribution is 2.42. The Hall–Kier alpha value is -3.57. The molecule has 6 rings (SSSR count). The van der Waals surface area contributed by atoms with Crippen molar-refractivity contribution < 1.29 is 0 Å². The van der Waals surface area contributed by atoms with Gasteiger partial charge in [0.15, 0.2) is 0 Å². The van der Waals surface area contributed by atoms with Gasteiger partial charge in [0.05, 0.1) is 11.2 Å². The molecule has 5 nitrogen and oxygen atoms in total. The molecule has 5 heteroatoms. The molecule has 1 fully saturated rings. The van der Waals surface area contributed by atoms with Gasteiger partial charge in [-0.25, -0.2) is 15.0 Å². The molecule has 3 aromatic heterocycles. The van der Waals surface area contributed by atoms with E-state index in [0.29, 0.717) is 6.04 Å². The van der Waals surface area contributed by atoms with Crippen molar-refractivity contribution >= 4 is 21.9 Å². The van der Waals surface area contributed by atoms with Crippen LogP contribution in [0.15, 0.2) is 73.3 Å². The summed E-state index contributed by atoms with van der Waals surface area (Å²) < 4.78 is 2.38. The van der Waals surface area contributed by atoms with Crippen LogP contribution in [0.25, 0.3) is 44.3 Å². The fraction of sp³-hybridized carbons (Fsp3) is 0.276. The van der Waals surface area contributed by atoms with Crippen molar-refractivity contribution in [1.29, 1.82) is 0 Å². The lowest BCUT2D eigenvalue weighted by Gasteiger charge is -2.38. The zero-order valence-corrected chi connectivity index (χ0v) is 19.9. The first-order chi connectivity index (χ1) is 16.6. The first-order valence-electron chi connectivity index (χ1n) is 12.0. The van der Waals surface area contributed by atoms with E-state index in [1.807, 2.05) is 12.3 Å². The zero-order valence-electron chi connectivity index (χ0n) is 19.9. The minimum Gasteiger partial charge on any atom is -0.329 e. The van der Waals surface area contributed by atoms with Gasteiger partial charge in [0.2, 0.25) is 0 Å². The van der Waals surface area contributed by atoms with Crippen LogP contribution in [-0.2, 0) is 0 Å². The first kappa shape index (κ1) is 21.0. The number of hydrogen-bond acceptors (Lipinski definition) is 4. The summed E-state index contributed by atoms with van der Waals surface area (Å²) in [7, 11) is 4.31. The highest BCUT2D eigenvalue weighted by Gasteiger charge is 2.32. The summed E-state index contributed by atoms with van der Waals surface area (Å²) in [6, 6.07) is 19.7. The summed E-state index contributed by atoms with van der Waals surface area (Å²) >= 11 is 0. The van der Waals surface area contributed by atoms with Gasteiger partial charge < -0.3 is 9.47 Å². The molecule has 0 saturated heterocycles. The maximum absolute atomic E-state index is 5.04. The average Bonchev–Trinajstić information content (AvgIpc) is 3.20. The van der Waals surface area contributed by atoms with E-state index in [1.54, 1.807) is 6.33 Å². The normalized spacial score (nSPS) is 18.0. The molecule has 0 amide bonds. The van der Waals surface area contributed by atoms with Crippen LogP contribution < -0.4 is 0 Å². The number of nitrogens with zero attached hydrogens (tertiary/aromatic N) is 5. The van der Waals surface area contributed by atoms with E-state index in [9.17, 15) is 0 Å². The van der Waals surface area contributed by atoms with Crippen LogP contribution in [-0.4, -0.2) is 45.1 Å². The van der Waals surface area contributed by atoms with Crippen molar-refractivity contribution in [2.24, 2.45) is 5.92 Å². The number of rotatable bonds is 5. The summed E-state index contributed by atoms with van der Waals surface area (Å²) in [5.74, 6) is 0.756. The van der Waals surface area contributed by atoms with E-state index in [4.69, 9.17) is 4.98 Å². The average molecular weight is 448 g/mol. The van der Waals surface area contributed by atoms with Gasteiger partial charge in [-0.3, -0.25) is 0 Å². The van der Waals surface area contributed by atoms with Crippen molar-refractivity contribution in [3.8, 4) is 22.4 Å². The third-order valence-corrected chi connectivity index (χ3v) is 7.12. The Morgan fingerprint density at radius 2 is 1.79 bits per heavy atom. The van der Waals surface area contributed by atoms with Gasteiger partial charge >= 0.3 is 0 Å². The van der Waals surface area contributed by atoms with Gasteiger partial charge in [-0.2, -0.15) is 0 Å². The van der Waals surface area contributed by atoms with Crippen LogP contribution in [0.5, 0.6) is 0 Å². The topological polar surface area (TPSA) is 46.8 Å². The van der Waals surface area contributed by atoms with E-state index in [0.717, 1.165) is 45.8 Å². The summed E-state index contributed by atoms with van der Waals surface area (Å²) in [5, 5.41) is 2.29. The maximum Gasteiger partial charge on any atom is 0.144 e. The molecule has 2 aromatic carbocycles. The van der Waals surface area contributed by atoms with Crippen LogP contribution in [0.3, 0.4) is 0 Å². The minimum atomic E-state index is 0.501. The largest absolute Gasteiger partial charge is 0.329 e. The number of aryl methyl sites for hydroxylation is 1. The monoisotopic (exact) mass is 447 g/mol. The predicted octanol–water partition coefficient (Wildman–Crippen LogP) is 6.13. The standard InChI is InChI=1S/C29H29N5/c1-19-11-27(21-7-5-4-6-8-21)32-28-14-22(9-10-24(19)28)26-17-34(29-25(26)15-30-18-31-29)23-12-20(13-23)16-33(2)3/h4-11,14-15,17-18,20,23H,12-13,16H2,1-3H3. The maximum atomic E-state index is 5.04. The molecule has 1 aliphatic rings. The van der Waals surface area contributed by atoms with Crippen LogP contribution in [0, 0.1) is 12.8 Å². The Kier molecular flexibility index (Phi) is 5.15. The first-order valence-corrected chi connectivity index (χ1v) is 12.0. The number of benzene rings is 2. The Morgan fingerprint density at radius 1 is 0.971 bits per heavy atom. The Morgan fingerprint density at radius 3 is 2.59 bits per heavy atom. The van der Waals surface area contributed by atoms with Gasteiger partial charge in [-0.05, 0) is 63.0 Å².